The van der Waals surface area contributed by atoms with E-state index in [2.05, 4.69) is 11.9 Å². The summed E-state index contributed by atoms with van der Waals surface area (Å²) in [5.41, 5.74) is 0.991. The van der Waals surface area contributed by atoms with Crippen LogP contribution in [0.3, 0.4) is 0 Å². The number of rotatable bonds is 5. The number of nitrogens with one attached hydrogen (secondary N) is 1. The molecule has 0 saturated carbocycles. The normalized spacial score (nSPS) is 20.3. The van der Waals surface area contributed by atoms with Gasteiger partial charge in [0, 0.05) is 43.4 Å². The third kappa shape index (κ3) is 5.23. The van der Waals surface area contributed by atoms with Gasteiger partial charge in [0.15, 0.2) is 0 Å². The number of benzene rings is 1. The Morgan fingerprint density at radius 1 is 1.33 bits per heavy atom. The molecule has 6 nitrogen and oxygen atoms in total. The molecule has 0 radical (unpaired) electrons. The largest absolute Gasteiger partial charge is 0.374 e. The predicted octanol–water partition coefficient (Wildman–Crippen LogP) is 2.12. The van der Waals surface area contributed by atoms with Crippen molar-refractivity contribution >= 4 is 35.0 Å². The van der Waals surface area contributed by atoms with Gasteiger partial charge in [-0.05, 0) is 24.3 Å². The number of carbonyl (C=O) groups is 2. The molecule has 0 aliphatic carbocycles. The number of halogens is 1. The zero-order chi connectivity index (χ0) is 19.2. The van der Waals surface area contributed by atoms with Crippen LogP contribution in [0.1, 0.15) is 6.42 Å². The summed E-state index contributed by atoms with van der Waals surface area (Å²) >= 11 is 1.87. The van der Waals surface area contributed by atoms with E-state index >= 15 is 0 Å². The fourth-order valence-corrected chi connectivity index (χ4v) is 4.14. The quantitative estimate of drug-likeness (QED) is 0.777. The predicted molar refractivity (Wildman–Crippen MR) is 106 cm³/mol. The van der Waals surface area contributed by atoms with Crippen molar-refractivity contribution in [1.82, 2.24) is 4.90 Å². The van der Waals surface area contributed by atoms with Gasteiger partial charge in [-0.1, -0.05) is 6.58 Å². The molecule has 1 N–H and O–H groups in total. The van der Waals surface area contributed by atoms with Crippen LogP contribution in [0.25, 0.3) is 0 Å². The van der Waals surface area contributed by atoms with Crippen LogP contribution in [0.4, 0.5) is 15.8 Å². The topological polar surface area (TPSA) is 61.9 Å². The number of nitrogens with zero attached hydrogens (tertiary/aromatic N) is 2. The van der Waals surface area contributed by atoms with Crippen molar-refractivity contribution in [2.24, 2.45) is 0 Å². The lowest BCUT2D eigenvalue weighted by atomic mass is 10.2. The fraction of sp³-hybridized carbons (Fsp3) is 0.474. The molecule has 2 saturated heterocycles. The van der Waals surface area contributed by atoms with E-state index in [0.29, 0.717) is 31.1 Å². The molecule has 0 bridgehead atoms. The average molecular weight is 393 g/mol. The molecule has 0 spiro atoms. The van der Waals surface area contributed by atoms with Crippen LogP contribution in [0.15, 0.2) is 30.9 Å². The first-order valence-corrected chi connectivity index (χ1v) is 10.2. The van der Waals surface area contributed by atoms with Crippen LogP contribution in [0, 0.1) is 5.82 Å². The standard InChI is InChI=1S/C19H24FN3O3S/c1-2-19(25)23-5-8-26-15(13-23)12-18(24)21-14-3-4-17(16(20)11-14)22-6-9-27-10-7-22/h2-4,11,15H,1,5-10,12-13H2,(H,21,24)/t15-/m0/s1. The summed E-state index contributed by atoms with van der Waals surface area (Å²) < 4.78 is 20.0. The third-order valence-electron chi connectivity index (χ3n) is 4.62. The van der Waals surface area contributed by atoms with Crippen LogP contribution in [0.5, 0.6) is 0 Å². The Kier molecular flexibility index (Phi) is 6.73. The van der Waals surface area contributed by atoms with Crippen molar-refractivity contribution in [2.75, 3.05) is 54.5 Å². The zero-order valence-electron chi connectivity index (χ0n) is 15.2. The lowest BCUT2D eigenvalue weighted by Crippen LogP contribution is -2.46. The van der Waals surface area contributed by atoms with Crippen LogP contribution in [0.2, 0.25) is 0 Å². The molecular formula is C19H24FN3O3S. The van der Waals surface area contributed by atoms with Gasteiger partial charge in [0.05, 0.1) is 24.8 Å². The Morgan fingerprint density at radius 2 is 2.11 bits per heavy atom. The SMILES string of the molecule is C=CC(=O)N1CCO[C@@H](CC(=O)Nc2ccc(N3CCSCC3)c(F)c2)C1. The minimum Gasteiger partial charge on any atom is -0.374 e. The van der Waals surface area contributed by atoms with E-state index in [-0.39, 0.29) is 30.2 Å². The van der Waals surface area contributed by atoms with Crippen molar-refractivity contribution in [3.05, 3.63) is 36.7 Å². The highest BCUT2D eigenvalue weighted by atomic mass is 32.2. The highest BCUT2D eigenvalue weighted by Crippen LogP contribution is 2.25. The van der Waals surface area contributed by atoms with Gasteiger partial charge in [-0.3, -0.25) is 9.59 Å². The monoisotopic (exact) mass is 393 g/mol. The molecule has 8 heteroatoms. The summed E-state index contributed by atoms with van der Waals surface area (Å²) in [7, 11) is 0. The first-order chi connectivity index (χ1) is 13.1. The molecule has 146 valence electrons. The molecule has 1 aromatic rings. The Morgan fingerprint density at radius 3 is 2.81 bits per heavy atom. The Labute approximate surface area is 162 Å². The van der Waals surface area contributed by atoms with E-state index in [1.54, 1.807) is 17.0 Å². The average Bonchev–Trinajstić information content (AvgIpc) is 2.68. The minimum absolute atomic E-state index is 0.105. The van der Waals surface area contributed by atoms with E-state index in [4.69, 9.17) is 4.74 Å². The molecule has 2 aliphatic heterocycles. The second kappa shape index (κ2) is 9.23. The van der Waals surface area contributed by atoms with Crippen molar-refractivity contribution in [2.45, 2.75) is 12.5 Å². The molecule has 2 amide bonds. The molecule has 0 aromatic heterocycles. The number of carbonyl (C=O) groups excluding carboxylic acids is 2. The molecule has 27 heavy (non-hydrogen) atoms. The van der Waals surface area contributed by atoms with Gasteiger partial charge in [0.2, 0.25) is 11.8 Å². The van der Waals surface area contributed by atoms with Gasteiger partial charge < -0.3 is 19.9 Å². The maximum absolute atomic E-state index is 14.4. The van der Waals surface area contributed by atoms with Gasteiger partial charge >= 0.3 is 0 Å². The molecule has 1 atom stereocenters. The van der Waals surface area contributed by atoms with Crippen LogP contribution in [-0.2, 0) is 14.3 Å². The maximum Gasteiger partial charge on any atom is 0.246 e. The summed E-state index contributed by atoms with van der Waals surface area (Å²) in [5, 5.41) is 2.71. The second-order valence-electron chi connectivity index (χ2n) is 6.50. The zero-order valence-corrected chi connectivity index (χ0v) is 16.0. The number of amides is 2. The van der Waals surface area contributed by atoms with Gasteiger partial charge in [-0.25, -0.2) is 4.39 Å². The van der Waals surface area contributed by atoms with Gasteiger partial charge in [-0.2, -0.15) is 11.8 Å². The van der Waals surface area contributed by atoms with Crippen molar-refractivity contribution in [1.29, 1.82) is 0 Å². The van der Waals surface area contributed by atoms with Gasteiger partial charge in [0.1, 0.15) is 5.82 Å². The Bertz CT molecular complexity index is 709. The molecule has 2 fully saturated rings. The first kappa shape index (κ1) is 19.7. The lowest BCUT2D eigenvalue weighted by molar-refractivity contribution is -0.136. The smallest absolute Gasteiger partial charge is 0.246 e. The summed E-state index contributed by atoms with van der Waals surface area (Å²) in [6.45, 7) is 6.35. The van der Waals surface area contributed by atoms with Crippen LogP contribution < -0.4 is 10.2 Å². The number of morpholine rings is 1. The van der Waals surface area contributed by atoms with E-state index in [9.17, 15) is 14.0 Å². The molecular weight excluding hydrogens is 369 g/mol. The Hall–Kier alpha value is -2.06. The summed E-state index contributed by atoms with van der Waals surface area (Å²) in [4.78, 5) is 27.6. The van der Waals surface area contributed by atoms with Crippen molar-refractivity contribution in [3.8, 4) is 0 Å². The van der Waals surface area contributed by atoms with E-state index < -0.39 is 0 Å². The molecule has 0 unspecified atom stereocenters. The van der Waals surface area contributed by atoms with E-state index in [1.807, 2.05) is 16.7 Å². The minimum atomic E-state index is -0.377. The van der Waals surface area contributed by atoms with E-state index in [0.717, 1.165) is 24.6 Å². The lowest BCUT2D eigenvalue weighted by Gasteiger charge is -2.32. The highest BCUT2D eigenvalue weighted by Gasteiger charge is 2.25. The number of anilines is 2. The Balaban J connectivity index is 1.55. The van der Waals surface area contributed by atoms with Crippen molar-refractivity contribution < 1.29 is 18.7 Å². The number of hydrogen-bond donors (Lipinski definition) is 1. The van der Waals surface area contributed by atoms with Crippen LogP contribution >= 0.6 is 11.8 Å². The summed E-state index contributed by atoms with van der Waals surface area (Å²) in [5.74, 6) is 1.21. The molecule has 2 heterocycles. The molecule has 3 rings (SSSR count). The summed E-state index contributed by atoms with van der Waals surface area (Å²) in [6.07, 6.45) is 0.985. The van der Waals surface area contributed by atoms with Gasteiger partial charge in [-0.15, -0.1) is 0 Å². The summed E-state index contributed by atoms with van der Waals surface area (Å²) in [6, 6.07) is 4.78. The fourth-order valence-electron chi connectivity index (χ4n) is 3.24. The number of hydrogen-bond acceptors (Lipinski definition) is 5. The van der Waals surface area contributed by atoms with E-state index in [1.165, 1.54) is 12.1 Å². The number of ether oxygens (including phenoxy) is 1. The molecule has 2 aliphatic rings. The third-order valence-corrected chi connectivity index (χ3v) is 5.56. The van der Waals surface area contributed by atoms with Crippen molar-refractivity contribution in [3.63, 3.8) is 0 Å². The first-order valence-electron chi connectivity index (χ1n) is 9.02. The second-order valence-corrected chi connectivity index (χ2v) is 7.72. The highest BCUT2D eigenvalue weighted by molar-refractivity contribution is 7.99. The molecule has 1 aromatic carbocycles. The van der Waals surface area contributed by atoms with Gasteiger partial charge in [0.25, 0.3) is 0 Å². The maximum atomic E-state index is 14.4. The number of thioether (sulfide) groups is 1. The van der Waals surface area contributed by atoms with Crippen LogP contribution in [-0.4, -0.2) is 67.1 Å².